The Balaban J connectivity index is 0.00000405. The first-order valence-corrected chi connectivity index (χ1v) is 15.3. The number of aliphatic hydroxyl groups excluding tert-OH is 1. The van der Waals surface area contributed by atoms with E-state index in [0.717, 1.165) is 61.8 Å². The summed E-state index contributed by atoms with van der Waals surface area (Å²) in [6.45, 7) is 4.74. The van der Waals surface area contributed by atoms with Crippen LogP contribution < -0.4 is 5.32 Å². The lowest BCUT2D eigenvalue weighted by atomic mass is 9.78. The fourth-order valence-corrected chi connectivity index (χ4v) is 6.95. The van der Waals surface area contributed by atoms with Crippen LogP contribution in [0.1, 0.15) is 80.6 Å². The first-order valence-electron chi connectivity index (χ1n) is 15.3. The summed E-state index contributed by atoms with van der Waals surface area (Å²) in [7, 11) is 0. The van der Waals surface area contributed by atoms with Gasteiger partial charge in [0, 0.05) is 26.2 Å². The first kappa shape index (κ1) is 32.0. The fraction of sp³-hybridized carbons (Fsp3) is 0.545. The van der Waals surface area contributed by atoms with E-state index in [-0.39, 0.29) is 35.7 Å². The van der Waals surface area contributed by atoms with Crippen molar-refractivity contribution in [3.8, 4) is 11.1 Å². The molecule has 0 unspecified atom stereocenters. The molecule has 1 aliphatic carbocycles. The summed E-state index contributed by atoms with van der Waals surface area (Å²) in [6.07, 6.45) is 7.17. The highest BCUT2D eigenvalue weighted by Crippen LogP contribution is 2.36. The third kappa shape index (κ3) is 6.66. The minimum absolute atomic E-state index is 0. The molecule has 9 heteroatoms. The molecule has 1 spiro atoms. The Hall–Kier alpha value is -2.94. The molecule has 2 atom stereocenters. The smallest absolute Gasteiger partial charge is 0.335 e. The number of piperidine rings is 1. The van der Waals surface area contributed by atoms with Crippen LogP contribution in [0.5, 0.6) is 0 Å². The lowest BCUT2D eigenvalue weighted by molar-refractivity contribution is -0.166. The zero-order valence-electron chi connectivity index (χ0n) is 24.5. The van der Waals surface area contributed by atoms with Gasteiger partial charge in [0.1, 0.15) is 11.6 Å². The van der Waals surface area contributed by atoms with Gasteiger partial charge in [0.05, 0.1) is 11.7 Å². The Bertz CT molecular complexity index is 1240. The van der Waals surface area contributed by atoms with Crippen molar-refractivity contribution in [2.45, 2.75) is 88.9 Å². The van der Waals surface area contributed by atoms with Gasteiger partial charge in [0.25, 0.3) is 0 Å². The van der Waals surface area contributed by atoms with Gasteiger partial charge < -0.3 is 20.4 Å². The normalized spacial score (nSPS) is 22.0. The van der Waals surface area contributed by atoms with E-state index in [9.17, 15) is 24.6 Å². The standard InChI is InChI=1S/C33H43N3O5.ClH/c1-2-3-18-36-30(38)28(29(37)25-9-5-4-6-10-25)34-32(41)33(36)16-19-35(20-17-33)22-23-8-7-11-27(21-23)24-12-14-26(15-13-24)31(39)40;/h7-8,11-15,21,25,28-29,37H,2-6,9-10,16-20,22H2,1H3,(H,34,41)(H,39,40);1H/t28-,29-;/m1./s1. The largest absolute Gasteiger partial charge is 0.478 e. The van der Waals surface area contributed by atoms with E-state index < -0.39 is 23.7 Å². The molecule has 2 aliphatic heterocycles. The topological polar surface area (TPSA) is 110 Å². The van der Waals surface area contributed by atoms with Gasteiger partial charge in [-0.15, -0.1) is 12.4 Å². The number of aliphatic hydroxyl groups is 1. The molecule has 3 N–H and O–H groups in total. The van der Waals surface area contributed by atoms with E-state index >= 15 is 0 Å². The molecule has 228 valence electrons. The number of benzene rings is 2. The maximum absolute atomic E-state index is 13.8. The average Bonchev–Trinajstić information content (AvgIpc) is 3.00. The van der Waals surface area contributed by atoms with Gasteiger partial charge in [-0.3, -0.25) is 14.5 Å². The van der Waals surface area contributed by atoms with Crippen molar-refractivity contribution in [2.75, 3.05) is 19.6 Å². The van der Waals surface area contributed by atoms with Crippen LogP contribution in [-0.4, -0.2) is 75.1 Å². The molecule has 2 saturated heterocycles. The van der Waals surface area contributed by atoms with Gasteiger partial charge in [-0.1, -0.05) is 62.9 Å². The molecule has 42 heavy (non-hydrogen) atoms. The van der Waals surface area contributed by atoms with Crippen molar-refractivity contribution < 1.29 is 24.6 Å². The van der Waals surface area contributed by atoms with E-state index in [2.05, 4.69) is 29.3 Å². The Morgan fingerprint density at radius 2 is 1.71 bits per heavy atom. The Morgan fingerprint density at radius 3 is 2.36 bits per heavy atom. The van der Waals surface area contributed by atoms with E-state index in [4.69, 9.17) is 0 Å². The van der Waals surface area contributed by atoms with Crippen LogP contribution in [0, 0.1) is 5.92 Å². The van der Waals surface area contributed by atoms with E-state index in [1.165, 1.54) is 6.42 Å². The number of hydrogen-bond donors (Lipinski definition) is 3. The van der Waals surface area contributed by atoms with Crippen LogP contribution in [0.2, 0.25) is 0 Å². The number of piperazine rings is 1. The number of halogens is 1. The summed E-state index contributed by atoms with van der Waals surface area (Å²) in [5, 5.41) is 23.3. The summed E-state index contributed by atoms with van der Waals surface area (Å²) in [5.74, 6) is -1.11. The van der Waals surface area contributed by atoms with Gasteiger partial charge in [-0.2, -0.15) is 0 Å². The third-order valence-corrected chi connectivity index (χ3v) is 9.45. The predicted octanol–water partition coefficient (Wildman–Crippen LogP) is 4.88. The highest BCUT2D eigenvalue weighted by atomic mass is 35.5. The lowest BCUT2D eigenvalue weighted by Gasteiger charge is -2.52. The monoisotopic (exact) mass is 597 g/mol. The van der Waals surface area contributed by atoms with E-state index in [1.807, 2.05) is 29.2 Å². The maximum Gasteiger partial charge on any atom is 0.335 e. The number of carboxylic acid groups (broad SMARTS) is 1. The zero-order chi connectivity index (χ0) is 29.0. The number of nitrogens with one attached hydrogen (secondary N) is 1. The van der Waals surface area contributed by atoms with Crippen molar-refractivity contribution in [1.29, 1.82) is 0 Å². The number of hydrogen-bond acceptors (Lipinski definition) is 5. The number of unbranched alkanes of at least 4 members (excludes halogenated alkanes) is 1. The molecule has 0 bridgehead atoms. The van der Waals surface area contributed by atoms with Crippen LogP contribution in [0.15, 0.2) is 48.5 Å². The van der Waals surface area contributed by atoms with Crippen molar-refractivity contribution in [1.82, 2.24) is 15.1 Å². The van der Waals surface area contributed by atoms with E-state index in [0.29, 0.717) is 32.5 Å². The van der Waals surface area contributed by atoms with Crippen LogP contribution in [0.3, 0.4) is 0 Å². The van der Waals surface area contributed by atoms with Crippen molar-refractivity contribution in [2.24, 2.45) is 5.92 Å². The minimum atomic E-state index is -0.939. The molecular formula is C33H44ClN3O5. The van der Waals surface area contributed by atoms with Crippen LogP contribution in [0.4, 0.5) is 0 Å². The summed E-state index contributed by atoms with van der Waals surface area (Å²) in [5.41, 5.74) is 2.53. The molecule has 8 nitrogen and oxygen atoms in total. The summed E-state index contributed by atoms with van der Waals surface area (Å²) >= 11 is 0. The third-order valence-electron chi connectivity index (χ3n) is 9.45. The van der Waals surface area contributed by atoms with Gasteiger partial charge in [0.2, 0.25) is 11.8 Å². The van der Waals surface area contributed by atoms with Gasteiger partial charge in [-0.05, 0) is 72.9 Å². The van der Waals surface area contributed by atoms with Crippen LogP contribution in [-0.2, 0) is 16.1 Å². The van der Waals surface area contributed by atoms with Crippen molar-refractivity contribution >= 4 is 30.2 Å². The number of carbonyl (C=O) groups excluding carboxylic acids is 2. The summed E-state index contributed by atoms with van der Waals surface area (Å²) in [4.78, 5) is 42.9. The molecule has 3 aliphatic rings. The van der Waals surface area contributed by atoms with Crippen molar-refractivity contribution in [3.05, 3.63) is 59.7 Å². The number of carbonyl (C=O) groups is 3. The quantitative estimate of drug-likeness (QED) is 0.380. The number of rotatable bonds is 9. The summed E-state index contributed by atoms with van der Waals surface area (Å²) in [6, 6.07) is 14.3. The molecule has 3 fully saturated rings. The molecule has 2 amide bonds. The highest BCUT2D eigenvalue weighted by molar-refractivity contribution is 6.00. The molecule has 2 aromatic rings. The fourth-order valence-electron chi connectivity index (χ4n) is 6.95. The highest BCUT2D eigenvalue weighted by Gasteiger charge is 2.55. The second kappa shape index (κ2) is 14.0. The summed E-state index contributed by atoms with van der Waals surface area (Å²) < 4.78 is 0. The molecule has 5 rings (SSSR count). The number of carboxylic acids is 1. The molecule has 0 radical (unpaired) electrons. The SMILES string of the molecule is CCCCN1C(=O)[C@@H]([C@H](O)C2CCCCC2)NC(=O)C12CCN(Cc1cccc(-c3ccc(C(=O)O)cc3)c1)CC2.Cl. The molecule has 1 saturated carbocycles. The van der Waals surface area contributed by atoms with E-state index in [1.54, 1.807) is 12.1 Å². The van der Waals surface area contributed by atoms with Crippen LogP contribution >= 0.6 is 12.4 Å². The molecular weight excluding hydrogens is 554 g/mol. The minimum Gasteiger partial charge on any atom is -0.478 e. The number of nitrogens with zero attached hydrogens (tertiary/aromatic N) is 2. The second-order valence-corrected chi connectivity index (χ2v) is 12.1. The molecule has 2 aromatic carbocycles. The zero-order valence-corrected chi connectivity index (χ0v) is 25.3. The van der Waals surface area contributed by atoms with Crippen LogP contribution in [0.25, 0.3) is 11.1 Å². The first-order chi connectivity index (χ1) is 19.8. The predicted molar refractivity (Wildman–Crippen MR) is 164 cm³/mol. The van der Waals surface area contributed by atoms with Gasteiger partial charge in [0.15, 0.2) is 0 Å². The number of likely N-dealkylation sites (tertiary alicyclic amines) is 1. The lowest BCUT2D eigenvalue weighted by Crippen LogP contribution is -2.75. The molecule has 2 heterocycles. The second-order valence-electron chi connectivity index (χ2n) is 12.1. The Kier molecular flexibility index (Phi) is 10.7. The number of aromatic carboxylic acids is 1. The molecule has 0 aromatic heterocycles. The average molecular weight is 598 g/mol. The number of amides is 2. The maximum atomic E-state index is 13.8. The van der Waals surface area contributed by atoms with Gasteiger partial charge in [-0.25, -0.2) is 4.79 Å². The van der Waals surface area contributed by atoms with Gasteiger partial charge >= 0.3 is 5.97 Å². The van der Waals surface area contributed by atoms with Crippen molar-refractivity contribution in [3.63, 3.8) is 0 Å². The Morgan fingerprint density at radius 1 is 1.02 bits per heavy atom. The Labute approximate surface area is 254 Å².